The molecule has 0 saturated heterocycles. The third kappa shape index (κ3) is 1.94. The van der Waals surface area contributed by atoms with Crippen LogP contribution < -0.4 is 5.73 Å². The molecule has 3 heteroatoms. The Morgan fingerprint density at radius 3 is 3.00 bits per heavy atom. The van der Waals surface area contributed by atoms with E-state index in [1.807, 2.05) is 6.07 Å². The molecule has 1 rings (SSSR count). The number of hydrogen-bond acceptors (Lipinski definition) is 2. The third-order valence-corrected chi connectivity index (χ3v) is 2.06. The molecule has 2 N–H and O–H groups in total. The molecule has 0 aliphatic heterocycles. The molecule has 1 aromatic heterocycles. The Labute approximate surface area is 74.2 Å². The Bertz CT molecular complexity index is 244. The Hall–Kier alpha value is -0.540. The highest BCUT2D eigenvalue weighted by Gasteiger charge is 2.10. The van der Waals surface area contributed by atoms with E-state index in [4.69, 9.17) is 10.2 Å². The molecular formula is C8H10BrNO. The fourth-order valence-electron chi connectivity index (χ4n) is 0.857. The van der Waals surface area contributed by atoms with Gasteiger partial charge in [-0.3, -0.25) is 0 Å². The largest absolute Gasteiger partial charge is 0.466 e. The number of hydrogen-bond donors (Lipinski definition) is 1. The first-order valence-corrected chi connectivity index (χ1v) is 4.14. The highest BCUT2D eigenvalue weighted by molar-refractivity contribution is 9.10. The average molecular weight is 216 g/mol. The van der Waals surface area contributed by atoms with E-state index < -0.39 is 0 Å². The van der Waals surface area contributed by atoms with Crippen molar-refractivity contribution in [2.75, 3.05) is 0 Å². The van der Waals surface area contributed by atoms with Gasteiger partial charge in [0.2, 0.25) is 0 Å². The summed E-state index contributed by atoms with van der Waals surface area (Å²) in [5.41, 5.74) is 5.76. The van der Waals surface area contributed by atoms with E-state index in [9.17, 15) is 0 Å². The van der Waals surface area contributed by atoms with E-state index in [0.717, 1.165) is 16.7 Å². The van der Waals surface area contributed by atoms with Gasteiger partial charge in [0, 0.05) is 0 Å². The molecule has 0 fully saturated rings. The van der Waals surface area contributed by atoms with Gasteiger partial charge in [-0.1, -0.05) is 6.08 Å². The van der Waals surface area contributed by atoms with Gasteiger partial charge in [0.05, 0.1) is 16.8 Å². The van der Waals surface area contributed by atoms with Crippen molar-refractivity contribution in [1.29, 1.82) is 0 Å². The first-order valence-electron chi connectivity index (χ1n) is 3.35. The van der Waals surface area contributed by atoms with Crippen LogP contribution in [0.4, 0.5) is 0 Å². The Morgan fingerprint density at radius 2 is 2.55 bits per heavy atom. The standard InChI is InChI=1S/C8H10BrNO/c1-2-3-7(10)8-6(9)4-5-11-8/h2,4-5,7H,1,3,10H2. The lowest BCUT2D eigenvalue weighted by molar-refractivity contribution is 0.465. The molecule has 1 heterocycles. The van der Waals surface area contributed by atoms with Gasteiger partial charge in [-0.25, -0.2) is 0 Å². The lowest BCUT2D eigenvalue weighted by atomic mass is 10.2. The summed E-state index contributed by atoms with van der Waals surface area (Å²) in [6.07, 6.45) is 4.12. The smallest absolute Gasteiger partial charge is 0.134 e. The molecule has 0 amide bonds. The summed E-state index contributed by atoms with van der Waals surface area (Å²) in [6.45, 7) is 3.60. The van der Waals surface area contributed by atoms with Crippen molar-refractivity contribution in [2.45, 2.75) is 12.5 Å². The molecule has 0 bridgehead atoms. The molecule has 0 radical (unpaired) electrons. The van der Waals surface area contributed by atoms with E-state index in [0.29, 0.717) is 0 Å². The summed E-state index contributed by atoms with van der Waals surface area (Å²) in [6, 6.07) is 1.75. The van der Waals surface area contributed by atoms with Crippen molar-refractivity contribution in [3.63, 3.8) is 0 Å². The fraction of sp³-hybridized carbons (Fsp3) is 0.250. The van der Waals surface area contributed by atoms with Crippen molar-refractivity contribution in [1.82, 2.24) is 0 Å². The van der Waals surface area contributed by atoms with Gasteiger partial charge in [-0.2, -0.15) is 0 Å². The normalized spacial score (nSPS) is 12.9. The molecule has 60 valence electrons. The number of rotatable bonds is 3. The third-order valence-electron chi connectivity index (χ3n) is 1.40. The van der Waals surface area contributed by atoms with Crippen LogP contribution in [0.2, 0.25) is 0 Å². The summed E-state index contributed by atoms with van der Waals surface area (Å²) >= 11 is 3.33. The van der Waals surface area contributed by atoms with Gasteiger partial charge in [-0.05, 0) is 28.4 Å². The van der Waals surface area contributed by atoms with E-state index in [1.165, 1.54) is 0 Å². The lowest BCUT2D eigenvalue weighted by Crippen LogP contribution is -2.08. The summed E-state index contributed by atoms with van der Waals surface area (Å²) in [4.78, 5) is 0. The molecular weight excluding hydrogens is 206 g/mol. The summed E-state index contributed by atoms with van der Waals surface area (Å²) in [5.74, 6) is 0.782. The van der Waals surface area contributed by atoms with E-state index in [-0.39, 0.29) is 6.04 Å². The maximum atomic E-state index is 5.76. The number of furan rings is 1. The first-order chi connectivity index (χ1) is 5.25. The van der Waals surface area contributed by atoms with Gasteiger partial charge in [-0.15, -0.1) is 6.58 Å². The van der Waals surface area contributed by atoms with Crippen LogP contribution in [-0.4, -0.2) is 0 Å². The quantitative estimate of drug-likeness (QED) is 0.788. The predicted molar refractivity (Wildman–Crippen MR) is 48.2 cm³/mol. The van der Waals surface area contributed by atoms with Gasteiger partial charge in [0.15, 0.2) is 0 Å². The minimum absolute atomic E-state index is 0.0862. The molecule has 11 heavy (non-hydrogen) atoms. The zero-order chi connectivity index (χ0) is 8.27. The zero-order valence-electron chi connectivity index (χ0n) is 6.09. The van der Waals surface area contributed by atoms with Crippen molar-refractivity contribution in [3.8, 4) is 0 Å². The van der Waals surface area contributed by atoms with Crippen molar-refractivity contribution < 1.29 is 4.42 Å². The van der Waals surface area contributed by atoms with Crippen molar-refractivity contribution in [2.24, 2.45) is 5.73 Å². The average Bonchev–Trinajstić information content (AvgIpc) is 2.36. The molecule has 2 nitrogen and oxygen atoms in total. The lowest BCUT2D eigenvalue weighted by Gasteiger charge is -2.04. The second-order valence-corrected chi connectivity index (χ2v) is 3.12. The minimum atomic E-state index is -0.0862. The first kappa shape index (κ1) is 8.56. The van der Waals surface area contributed by atoms with Gasteiger partial charge in [0.1, 0.15) is 5.76 Å². The van der Waals surface area contributed by atoms with Crippen molar-refractivity contribution >= 4 is 15.9 Å². The maximum absolute atomic E-state index is 5.76. The van der Waals surface area contributed by atoms with Gasteiger partial charge >= 0.3 is 0 Å². The Balaban J connectivity index is 2.74. The van der Waals surface area contributed by atoms with E-state index in [1.54, 1.807) is 12.3 Å². The van der Waals surface area contributed by atoms with Crippen LogP contribution >= 0.6 is 15.9 Å². The van der Waals surface area contributed by atoms with Crippen LogP contribution in [-0.2, 0) is 0 Å². The second kappa shape index (κ2) is 3.74. The SMILES string of the molecule is C=CCC(N)c1occc1Br. The number of nitrogens with two attached hydrogens (primary N) is 1. The van der Waals surface area contributed by atoms with Crippen LogP contribution in [0, 0.1) is 0 Å². The molecule has 0 aliphatic carbocycles. The summed E-state index contributed by atoms with van der Waals surface area (Å²) in [7, 11) is 0. The van der Waals surface area contributed by atoms with Gasteiger partial charge < -0.3 is 10.2 Å². The summed E-state index contributed by atoms with van der Waals surface area (Å²) < 4.78 is 6.08. The molecule has 0 spiro atoms. The van der Waals surface area contributed by atoms with Crippen molar-refractivity contribution in [3.05, 3.63) is 35.2 Å². The van der Waals surface area contributed by atoms with Crippen LogP contribution in [0.1, 0.15) is 18.2 Å². The highest BCUT2D eigenvalue weighted by Crippen LogP contribution is 2.24. The predicted octanol–water partition coefficient (Wildman–Crippen LogP) is 2.62. The van der Waals surface area contributed by atoms with Gasteiger partial charge in [0.25, 0.3) is 0 Å². The molecule has 0 aromatic carbocycles. The van der Waals surface area contributed by atoms with Crippen LogP contribution in [0.5, 0.6) is 0 Å². The molecule has 1 unspecified atom stereocenters. The molecule has 0 aliphatic rings. The maximum Gasteiger partial charge on any atom is 0.134 e. The Morgan fingerprint density at radius 1 is 1.82 bits per heavy atom. The molecule has 0 saturated carbocycles. The fourth-order valence-corrected chi connectivity index (χ4v) is 1.35. The van der Waals surface area contributed by atoms with Crippen LogP contribution in [0.15, 0.2) is 33.9 Å². The monoisotopic (exact) mass is 215 g/mol. The second-order valence-electron chi connectivity index (χ2n) is 2.26. The molecule has 1 aromatic rings. The van der Waals surface area contributed by atoms with E-state index >= 15 is 0 Å². The zero-order valence-corrected chi connectivity index (χ0v) is 7.67. The minimum Gasteiger partial charge on any atom is -0.466 e. The van der Waals surface area contributed by atoms with Crippen LogP contribution in [0.25, 0.3) is 0 Å². The molecule has 1 atom stereocenters. The van der Waals surface area contributed by atoms with E-state index in [2.05, 4.69) is 22.5 Å². The number of halogens is 1. The Kier molecular flexibility index (Phi) is 2.91. The highest BCUT2D eigenvalue weighted by atomic mass is 79.9. The summed E-state index contributed by atoms with van der Waals surface area (Å²) in [5, 5.41) is 0. The topological polar surface area (TPSA) is 39.2 Å². The van der Waals surface area contributed by atoms with Crippen LogP contribution in [0.3, 0.4) is 0 Å².